The van der Waals surface area contributed by atoms with Crippen molar-refractivity contribution >= 4 is 21.8 Å². The number of aryl methyl sites for hydroxylation is 1. The minimum Gasteiger partial charge on any atom is -0.343 e. The van der Waals surface area contributed by atoms with Crippen LogP contribution in [0.4, 0.5) is 0 Å². The van der Waals surface area contributed by atoms with Crippen molar-refractivity contribution in [1.29, 1.82) is 0 Å². The lowest BCUT2D eigenvalue weighted by Crippen LogP contribution is -2.08. The van der Waals surface area contributed by atoms with Gasteiger partial charge in [0.05, 0.1) is 16.4 Å². The van der Waals surface area contributed by atoms with Gasteiger partial charge >= 0.3 is 0 Å². The monoisotopic (exact) mass is 210 g/mol. The lowest BCUT2D eigenvalue weighted by molar-refractivity contribution is 1.000. The normalized spacial score (nSPS) is 11.1. The van der Waals surface area contributed by atoms with E-state index >= 15 is 0 Å². The maximum Gasteiger partial charge on any atom is 0.198 e. The van der Waals surface area contributed by atoms with Gasteiger partial charge in [-0.15, -0.1) is 0 Å². The SMILES string of the molecule is Cn1c2ccccc2c(=O)c2cnccc21. The Balaban J connectivity index is 2.73. The zero-order valence-electron chi connectivity index (χ0n) is 8.84. The van der Waals surface area contributed by atoms with Gasteiger partial charge in [0.15, 0.2) is 5.43 Å². The first kappa shape index (κ1) is 9.09. The topological polar surface area (TPSA) is 34.9 Å². The summed E-state index contributed by atoms with van der Waals surface area (Å²) in [7, 11) is 1.96. The Morgan fingerprint density at radius 1 is 1.06 bits per heavy atom. The Bertz CT molecular complexity index is 684. The summed E-state index contributed by atoms with van der Waals surface area (Å²) < 4.78 is 2.02. The molecule has 2 aromatic heterocycles. The van der Waals surface area contributed by atoms with Crippen molar-refractivity contribution in [2.45, 2.75) is 0 Å². The molecule has 0 bridgehead atoms. The van der Waals surface area contributed by atoms with Gasteiger partial charge in [0.2, 0.25) is 0 Å². The summed E-state index contributed by atoms with van der Waals surface area (Å²) in [4.78, 5) is 16.2. The van der Waals surface area contributed by atoms with Crippen LogP contribution in [-0.2, 0) is 7.05 Å². The van der Waals surface area contributed by atoms with E-state index < -0.39 is 0 Å². The molecule has 2 heterocycles. The summed E-state index contributed by atoms with van der Waals surface area (Å²) >= 11 is 0. The van der Waals surface area contributed by atoms with Crippen molar-refractivity contribution in [1.82, 2.24) is 9.55 Å². The van der Waals surface area contributed by atoms with Crippen LogP contribution in [0.5, 0.6) is 0 Å². The average Bonchev–Trinajstić information content (AvgIpc) is 2.36. The summed E-state index contributed by atoms with van der Waals surface area (Å²) in [6, 6.07) is 9.49. The van der Waals surface area contributed by atoms with Gasteiger partial charge < -0.3 is 4.57 Å². The largest absolute Gasteiger partial charge is 0.343 e. The zero-order valence-corrected chi connectivity index (χ0v) is 8.84. The molecule has 0 saturated carbocycles. The maximum absolute atomic E-state index is 12.2. The number of pyridine rings is 2. The first-order chi connectivity index (χ1) is 7.79. The third-order valence-electron chi connectivity index (χ3n) is 2.91. The molecule has 0 aliphatic heterocycles. The van der Waals surface area contributed by atoms with Crippen LogP contribution in [0.2, 0.25) is 0 Å². The molecular weight excluding hydrogens is 200 g/mol. The second-order valence-corrected chi connectivity index (χ2v) is 3.80. The predicted octanol–water partition coefficient (Wildman–Crippen LogP) is 2.09. The third kappa shape index (κ3) is 1.08. The van der Waals surface area contributed by atoms with Crippen molar-refractivity contribution in [2.24, 2.45) is 7.05 Å². The van der Waals surface area contributed by atoms with Crippen LogP contribution in [0, 0.1) is 0 Å². The number of para-hydroxylation sites is 1. The molecule has 3 heteroatoms. The third-order valence-corrected chi connectivity index (χ3v) is 2.91. The van der Waals surface area contributed by atoms with Crippen molar-refractivity contribution in [3.8, 4) is 0 Å². The molecule has 0 aliphatic carbocycles. The van der Waals surface area contributed by atoms with E-state index in [1.54, 1.807) is 12.4 Å². The van der Waals surface area contributed by atoms with Crippen molar-refractivity contribution in [3.63, 3.8) is 0 Å². The fraction of sp³-hybridized carbons (Fsp3) is 0.0769. The summed E-state index contributed by atoms with van der Waals surface area (Å²) in [5, 5.41) is 1.41. The van der Waals surface area contributed by atoms with Gasteiger partial charge in [0.1, 0.15) is 0 Å². The van der Waals surface area contributed by atoms with Crippen LogP contribution >= 0.6 is 0 Å². The summed E-state index contributed by atoms with van der Waals surface area (Å²) in [6.07, 6.45) is 3.33. The minimum atomic E-state index is 0.0526. The van der Waals surface area contributed by atoms with Crippen LogP contribution < -0.4 is 5.43 Å². The van der Waals surface area contributed by atoms with Crippen LogP contribution in [-0.4, -0.2) is 9.55 Å². The second-order valence-electron chi connectivity index (χ2n) is 3.80. The van der Waals surface area contributed by atoms with E-state index in [2.05, 4.69) is 4.98 Å². The van der Waals surface area contributed by atoms with Crippen LogP contribution in [0.1, 0.15) is 0 Å². The van der Waals surface area contributed by atoms with E-state index in [-0.39, 0.29) is 5.43 Å². The maximum atomic E-state index is 12.2. The smallest absolute Gasteiger partial charge is 0.198 e. The molecule has 3 nitrogen and oxygen atoms in total. The van der Waals surface area contributed by atoms with E-state index in [9.17, 15) is 4.79 Å². The van der Waals surface area contributed by atoms with E-state index in [0.717, 1.165) is 16.4 Å². The number of hydrogen-bond acceptors (Lipinski definition) is 2. The molecule has 0 amide bonds. The van der Waals surface area contributed by atoms with Crippen LogP contribution in [0.15, 0.2) is 47.5 Å². The highest BCUT2D eigenvalue weighted by Crippen LogP contribution is 2.16. The van der Waals surface area contributed by atoms with Gasteiger partial charge in [-0.3, -0.25) is 9.78 Å². The molecule has 0 atom stereocenters. The van der Waals surface area contributed by atoms with Crippen molar-refractivity contribution < 1.29 is 0 Å². The van der Waals surface area contributed by atoms with E-state index in [0.29, 0.717) is 5.39 Å². The van der Waals surface area contributed by atoms with Gasteiger partial charge in [0.25, 0.3) is 0 Å². The number of fused-ring (bicyclic) bond motifs is 2. The number of nitrogens with zero attached hydrogens (tertiary/aromatic N) is 2. The molecule has 0 fully saturated rings. The molecule has 0 spiro atoms. The second kappa shape index (κ2) is 3.17. The van der Waals surface area contributed by atoms with Gasteiger partial charge in [-0.25, -0.2) is 0 Å². The molecule has 16 heavy (non-hydrogen) atoms. The molecule has 0 saturated heterocycles. The van der Waals surface area contributed by atoms with E-state index in [1.807, 2.05) is 41.9 Å². The van der Waals surface area contributed by atoms with Crippen molar-refractivity contribution in [3.05, 3.63) is 52.9 Å². The first-order valence-corrected chi connectivity index (χ1v) is 5.10. The summed E-state index contributed by atoms with van der Waals surface area (Å²) in [5.74, 6) is 0. The number of hydrogen-bond donors (Lipinski definition) is 0. The Morgan fingerprint density at radius 3 is 2.69 bits per heavy atom. The van der Waals surface area contributed by atoms with Gasteiger partial charge in [-0.1, -0.05) is 12.1 Å². The van der Waals surface area contributed by atoms with Crippen LogP contribution in [0.3, 0.4) is 0 Å². The van der Waals surface area contributed by atoms with Gasteiger partial charge in [0, 0.05) is 24.8 Å². The first-order valence-electron chi connectivity index (χ1n) is 5.10. The number of rotatable bonds is 0. The highest BCUT2D eigenvalue weighted by atomic mass is 16.1. The molecule has 3 rings (SSSR count). The van der Waals surface area contributed by atoms with E-state index in [1.165, 1.54) is 0 Å². The van der Waals surface area contributed by atoms with Crippen LogP contribution in [0.25, 0.3) is 21.8 Å². The molecule has 0 N–H and O–H groups in total. The lowest BCUT2D eigenvalue weighted by Gasteiger charge is -2.08. The Morgan fingerprint density at radius 2 is 1.81 bits per heavy atom. The lowest BCUT2D eigenvalue weighted by atomic mass is 10.1. The molecule has 3 aromatic rings. The Labute approximate surface area is 92.0 Å². The van der Waals surface area contributed by atoms with E-state index in [4.69, 9.17) is 0 Å². The minimum absolute atomic E-state index is 0.0526. The Hall–Kier alpha value is -2.16. The molecule has 0 unspecified atom stereocenters. The predicted molar refractivity (Wildman–Crippen MR) is 64.5 cm³/mol. The molecular formula is C13H10N2O. The highest BCUT2D eigenvalue weighted by Gasteiger charge is 2.06. The average molecular weight is 210 g/mol. The van der Waals surface area contributed by atoms with Gasteiger partial charge in [-0.05, 0) is 18.2 Å². The number of aromatic nitrogens is 2. The standard InChI is InChI=1S/C13H10N2O/c1-15-11-5-3-2-4-9(11)13(16)10-8-14-7-6-12(10)15/h2-8H,1H3. The van der Waals surface area contributed by atoms with Crippen molar-refractivity contribution in [2.75, 3.05) is 0 Å². The molecule has 78 valence electrons. The fourth-order valence-electron chi connectivity index (χ4n) is 2.09. The van der Waals surface area contributed by atoms with Gasteiger partial charge in [-0.2, -0.15) is 0 Å². The molecule has 1 aromatic carbocycles. The highest BCUT2D eigenvalue weighted by molar-refractivity contribution is 5.92. The summed E-state index contributed by atoms with van der Waals surface area (Å²) in [5.41, 5.74) is 1.92. The quantitative estimate of drug-likeness (QED) is 0.532. The Kier molecular flexibility index (Phi) is 1.80. The molecule has 0 aliphatic rings. The molecule has 0 radical (unpaired) electrons. The zero-order chi connectivity index (χ0) is 11.1. The number of benzene rings is 1. The fourth-order valence-corrected chi connectivity index (χ4v) is 2.09. The summed E-state index contributed by atoms with van der Waals surface area (Å²) in [6.45, 7) is 0.